The largest absolute Gasteiger partial charge is 0.422 e. The molecule has 1 aliphatic carbocycles. The van der Waals surface area contributed by atoms with Gasteiger partial charge < -0.3 is 9.16 Å². The minimum absolute atomic E-state index is 0.110. The van der Waals surface area contributed by atoms with E-state index in [-0.39, 0.29) is 5.60 Å². The molecular weight excluding hydrogens is 204 g/mol. The lowest BCUT2D eigenvalue weighted by molar-refractivity contribution is 0.0196. The Hall–Kier alpha value is 0.137. The molecule has 4 unspecified atom stereocenters. The van der Waals surface area contributed by atoms with Gasteiger partial charge in [0, 0.05) is 0 Å². The van der Waals surface area contributed by atoms with Crippen LogP contribution >= 0.6 is 0 Å². The molecule has 0 N–H and O–H groups in total. The molecule has 0 aromatic carbocycles. The van der Waals surface area contributed by atoms with Crippen LogP contribution in [0.4, 0.5) is 0 Å². The van der Waals surface area contributed by atoms with Crippen molar-refractivity contribution in [1.82, 2.24) is 0 Å². The van der Waals surface area contributed by atoms with Gasteiger partial charge in [-0.1, -0.05) is 13.8 Å². The number of hydrogen-bond donors (Lipinski definition) is 0. The van der Waals surface area contributed by atoms with Crippen molar-refractivity contribution in [3.63, 3.8) is 0 Å². The standard InChI is InChI=1S/C12H24O2Si/c1-8(2)12(3,14-15)7-9-4-5-10-11(6-9)13-10/h8-11H,4-7H2,1-3,15H3. The molecule has 2 nitrogen and oxygen atoms in total. The summed E-state index contributed by atoms with van der Waals surface area (Å²) >= 11 is 0. The number of epoxide rings is 1. The molecule has 1 heterocycles. The molecule has 2 rings (SSSR count). The summed E-state index contributed by atoms with van der Waals surface area (Å²) in [5.74, 6) is 1.45. The van der Waals surface area contributed by atoms with Crippen molar-refractivity contribution < 1.29 is 9.16 Å². The Balaban J connectivity index is 1.88. The van der Waals surface area contributed by atoms with Gasteiger partial charge in [0.2, 0.25) is 0 Å². The van der Waals surface area contributed by atoms with Gasteiger partial charge in [-0.2, -0.15) is 0 Å². The summed E-state index contributed by atoms with van der Waals surface area (Å²) < 4.78 is 11.4. The summed E-state index contributed by atoms with van der Waals surface area (Å²) in [6.07, 6.45) is 6.36. The number of ether oxygens (including phenoxy) is 1. The van der Waals surface area contributed by atoms with Crippen molar-refractivity contribution in [1.29, 1.82) is 0 Å². The van der Waals surface area contributed by atoms with Crippen LogP contribution in [-0.2, 0) is 9.16 Å². The summed E-state index contributed by atoms with van der Waals surface area (Å²) in [6, 6.07) is 0. The van der Waals surface area contributed by atoms with E-state index in [1.807, 2.05) is 0 Å². The van der Waals surface area contributed by atoms with Gasteiger partial charge in [-0.15, -0.1) is 0 Å². The van der Waals surface area contributed by atoms with Crippen molar-refractivity contribution in [2.45, 2.75) is 64.3 Å². The Morgan fingerprint density at radius 1 is 1.40 bits per heavy atom. The lowest BCUT2D eigenvalue weighted by Gasteiger charge is -2.37. The zero-order valence-corrected chi connectivity index (χ0v) is 12.5. The van der Waals surface area contributed by atoms with Gasteiger partial charge in [0.15, 0.2) is 0 Å². The summed E-state index contributed by atoms with van der Waals surface area (Å²) in [5.41, 5.74) is 0.110. The highest BCUT2D eigenvalue weighted by atomic mass is 28.2. The van der Waals surface area contributed by atoms with Crippen molar-refractivity contribution in [3.05, 3.63) is 0 Å². The summed E-state index contributed by atoms with van der Waals surface area (Å²) in [7, 11) is 0.849. The van der Waals surface area contributed by atoms with E-state index < -0.39 is 0 Å². The van der Waals surface area contributed by atoms with Crippen LogP contribution in [0.25, 0.3) is 0 Å². The summed E-state index contributed by atoms with van der Waals surface area (Å²) in [6.45, 7) is 6.83. The molecule has 15 heavy (non-hydrogen) atoms. The topological polar surface area (TPSA) is 21.8 Å². The number of rotatable bonds is 4. The van der Waals surface area contributed by atoms with Crippen molar-refractivity contribution in [2.75, 3.05) is 0 Å². The van der Waals surface area contributed by atoms with Crippen LogP contribution in [0.1, 0.15) is 46.5 Å². The molecule has 0 aromatic heterocycles. The first-order valence-corrected chi connectivity index (χ1v) is 7.07. The zero-order chi connectivity index (χ0) is 11.1. The monoisotopic (exact) mass is 228 g/mol. The third kappa shape index (κ3) is 2.45. The van der Waals surface area contributed by atoms with Crippen LogP contribution in [0.3, 0.4) is 0 Å². The second kappa shape index (κ2) is 4.19. The van der Waals surface area contributed by atoms with E-state index >= 15 is 0 Å². The molecule has 88 valence electrons. The van der Waals surface area contributed by atoms with Gasteiger partial charge in [-0.05, 0) is 44.4 Å². The third-order valence-corrected chi connectivity index (χ3v) is 5.43. The van der Waals surface area contributed by atoms with Crippen LogP contribution < -0.4 is 0 Å². The van der Waals surface area contributed by atoms with Crippen molar-refractivity contribution in [2.24, 2.45) is 11.8 Å². The fourth-order valence-electron chi connectivity index (χ4n) is 2.80. The van der Waals surface area contributed by atoms with E-state index in [1.54, 1.807) is 0 Å². The molecular formula is C12H24O2Si. The maximum Gasteiger partial charge on any atom is 0.146 e. The first kappa shape index (κ1) is 11.6. The fraction of sp³-hybridized carbons (Fsp3) is 1.00. The van der Waals surface area contributed by atoms with E-state index in [4.69, 9.17) is 9.16 Å². The smallest absolute Gasteiger partial charge is 0.146 e. The van der Waals surface area contributed by atoms with Crippen molar-refractivity contribution in [3.8, 4) is 0 Å². The quantitative estimate of drug-likeness (QED) is 0.539. The summed E-state index contributed by atoms with van der Waals surface area (Å²) in [4.78, 5) is 0. The predicted octanol–water partition coefficient (Wildman–Crippen LogP) is 1.66. The van der Waals surface area contributed by atoms with E-state index in [1.165, 1.54) is 25.7 Å². The normalized spacial score (nSPS) is 38.8. The average Bonchev–Trinajstić information content (AvgIpc) is 2.95. The predicted molar refractivity (Wildman–Crippen MR) is 64.9 cm³/mol. The van der Waals surface area contributed by atoms with Crippen LogP contribution in [0, 0.1) is 11.8 Å². The third-order valence-electron chi connectivity index (χ3n) is 4.49. The lowest BCUT2D eigenvalue weighted by atomic mass is 9.77. The highest BCUT2D eigenvalue weighted by molar-refractivity contribution is 5.98. The van der Waals surface area contributed by atoms with Gasteiger partial charge in [0.05, 0.1) is 17.8 Å². The molecule has 0 aromatic rings. The van der Waals surface area contributed by atoms with Gasteiger partial charge in [-0.3, -0.25) is 0 Å². The van der Waals surface area contributed by atoms with Gasteiger partial charge in [-0.25, -0.2) is 0 Å². The Bertz CT molecular complexity index is 232. The maximum atomic E-state index is 5.85. The van der Waals surface area contributed by atoms with E-state index in [9.17, 15) is 0 Å². The molecule has 0 bridgehead atoms. The first-order valence-electron chi connectivity index (χ1n) is 6.26. The summed E-state index contributed by atoms with van der Waals surface area (Å²) in [5, 5.41) is 0. The number of hydrogen-bond acceptors (Lipinski definition) is 2. The molecule has 4 atom stereocenters. The SMILES string of the molecule is CC(C)C(C)(CC1CCC2OC2C1)O[SiH3]. The molecule has 2 aliphatic rings. The maximum absolute atomic E-state index is 5.85. The second-order valence-corrected chi connectivity index (χ2v) is 6.18. The minimum Gasteiger partial charge on any atom is -0.422 e. The molecule has 0 radical (unpaired) electrons. The fourth-order valence-corrected chi connectivity index (χ4v) is 3.44. The second-order valence-electron chi connectivity index (χ2n) is 5.77. The van der Waals surface area contributed by atoms with Gasteiger partial charge in [0.25, 0.3) is 0 Å². The molecule has 1 saturated heterocycles. The first-order chi connectivity index (χ1) is 7.05. The van der Waals surface area contributed by atoms with Gasteiger partial charge >= 0.3 is 0 Å². The van der Waals surface area contributed by atoms with Crippen LogP contribution in [0.15, 0.2) is 0 Å². The minimum atomic E-state index is 0.110. The Kier molecular flexibility index (Phi) is 3.24. The van der Waals surface area contributed by atoms with Crippen LogP contribution in [-0.4, -0.2) is 28.3 Å². The molecule has 0 amide bonds. The molecule has 1 saturated carbocycles. The Morgan fingerprint density at radius 3 is 2.67 bits per heavy atom. The zero-order valence-electron chi connectivity index (χ0n) is 10.5. The van der Waals surface area contributed by atoms with E-state index in [0.29, 0.717) is 18.1 Å². The molecule has 3 heteroatoms. The van der Waals surface area contributed by atoms with Gasteiger partial charge in [0.1, 0.15) is 10.5 Å². The molecule has 0 spiro atoms. The number of fused-ring (bicyclic) bond motifs is 1. The van der Waals surface area contributed by atoms with Crippen LogP contribution in [0.2, 0.25) is 0 Å². The van der Waals surface area contributed by atoms with Crippen molar-refractivity contribution >= 4 is 10.5 Å². The highest BCUT2D eigenvalue weighted by Crippen LogP contribution is 2.43. The molecule has 2 fully saturated rings. The lowest BCUT2D eigenvalue weighted by Crippen LogP contribution is -2.37. The van der Waals surface area contributed by atoms with E-state index in [2.05, 4.69) is 20.8 Å². The Morgan fingerprint density at radius 2 is 2.13 bits per heavy atom. The van der Waals surface area contributed by atoms with E-state index in [0.717, 1.165) is 16.4 Å². The highest BCUT2D eigenvalue weighted by Gasteiger charge is 2.45. The van der Waals surface area contributed by atoms with Crippen LogP contribution in [0.5, 0.6) is 0 Å². The average molecular weight is 228 g/mol. The Labute approximate surface area is 96.3 Å². The molecule has 1 aliphatic heterocycles.